The van der Waals surface area contributed by atoms with Gasteiger partial charge in [-0.05, 0) is 37.1 Å². The van der Waals surface area contributed by atoms with Crippen molar-refractivity contribution in [2.24, 2.45) is 0 Å². The van der Waals surface area contributed by atoms with Crippen molar-refractivity contribution < 1.29 is 24.2 Å². The van der Waals surface area contributed by atoms with E-state index in [9.17, 15) is 14.4 Å². The van der Waals surface area contributed by atoms with Gasteiger partial charge in [-0.25, -0.2) is 14.5 Å². The molecule has 2 atom stereocenters. The standard InChI is InChI=1S/C14H14N2O5/c1-21-9-4-2-8(3-5-9)15-12(17)10-6-7-11(13(18)19)16(10)14(15)20/h2-5,10-11H,6-7H2,1H3,(H,18,19)/t10-,11+/m0/s1. The molecule has 21 heavy (non-hydrogen) atoms. The average molecular weight is 290 g/mol. The van der Waals surface area contributed by atoms with Gasteiger partial charge in [0.15, 0.2) is 0 Å². The Morgan fingerprint density at radius 3 is 2.48 bits per heavy atom. The van der Waals surface area contributed by atoms with E-state index in [4.69, 9.17) is 9.84 Å². The van der Waals surface area contributed by atoms with E-state index < -0.39 is 24.1 Å². The van der Waals surface area contributed by atoms with Crippen molar-refractivity contribution in [3.8, 4) is 5.75 Å². The molecule has 0 saturated carbocycles. The number of hydrogen-bond acceptors (Lipinski definition) is 4. The van der Waals surface area contributed by atoms with Crippen LogP contribution < -0.4 is 9.64 Å². The molecule has 2 saturated heterocycles. The van der Waals surface area contributed by atoms with E-state index in [0.717, 1.165) is 4.90 Å². The lowest BCUT2D eigenvalue weighted by molar-refractivity contribution is -0.141. The van der Waals surface area contributed by atoms with Crippen LogP contribution >= 0.6 is 0 Å². The summed E-state index contributed by atoms with van der Waals surface area (Å²) in [5.74, 6) is -0.828. The molecule has 2 heterocycles. The van der Waals surface area contributed by atoms with Crippen LogP contribution in [0, 0.1) is 0 Å². The summed E-state index contributed by atoms with van der Waals surface area (Å²) in [7, 11) is 1.52. The van der Waals surface area contributed by atoms with Gasteiger partial charge in [0.05, 0.1) is 12.8 Å². The van der Waals surface area contributed by atoms with E-state index in [1.165, 1.54) is 12.0 Å². The third-order valence-corrected chi connectivity index (χ3v) is 3.92. The number of hydrogen-bond donors (Lipinski definition) is 1. The normalized spacial score (nSPS) is 24.4. The van der Waals surface area contributed by atoms with E-state index >= 15 is 0 Å². The Morgan fingerprint density at radius 1 is 1.24 bits per heavy atom. The summed E-state index contributed by atoms with van der Waals surface area (Å²) in [6.07, 6.45) is 0.697. The molecule has 0 aromatic heterocycles. The third-order valence-electron chi connectivity index (χ3n) is 3.92. The largest absolute Gasteiger partial charge is 0.497 e. The first-order valence-corrected chi connectivity index (χ1v) is 6.57. The van der Waals surface area contributed by atoms with Gasteiger partial charge in [0.25, 0.3) is 5.91 Å². The average Bonchev–Trinajstić information content (AvgIpc) is 3.01. The number of carbonyl (C=O) groups excluding carboxylic acids is 2. The summed E-state index contributed by atoms with van der Waals surface area (Å²) in [6, 6.07) is 4.34. The summed E-state index contributed by atoms with van der Waals surface area (Å²) in [4.78, 5) is 38.2. The quantitative estimate of drug-likeness (QED) is 0.842. The van der Waals surface area contributed by atoms with Crippen molar-refractivity contribution in [2.45, 2.75) is 24.9 Å². The van der Waals surface area contributed by atoms with Gasteiger partial charge >= 0.3 is 12.0 Å². The van der Waals surface area contributed by atoms with Crippen LogP contribution in [0.4, 0.5) is 10.5 Å². The zero-order valence-corrected chi connectivity index (χ0v) is 11.4. The Morgan fingerprint density at radius 2 is 1.90 bits per heavy atom. The zero-order valence-electron chi connectivity index (χ0n) is 11.4. The van der Waals surface area contributed by atoms with E-state index in [0.29, 0.717) is 24.3 Å². The van der Waals surface area contributed by atoms with Crippen LogP contribution in [0.3, 0.4) is 0 Å². The monoisotopic (exact) mass is 290 g/mol. The summed E-state index contributed by atoms with van der Waals surface area (Å²) in [6.45, 7) is 0. The van der Waals surface area contributed by atoms with Gasteiger partial charge in [0.1, 0.15) is 17.8 Å². The van der Waals surface area contributed by atoms with Crippen molar-refractivity contribution >= 4 is 23.6 Å². The molecule has 1 aromatic carbocycles. The number of fused-ring (bicyclic) bond motifs is 1. The highest BCUT2D eigenvalue weighted by molar-refractivity contribution is 6.22. The molecule has 2 aliphatic rings. The first-order valence-electron chi connectivity index (χ1n) is 6.57. The van der Waals surface area contributed by atoms with Gasteiger partial charge in [0.2, 0.25) is 0 Å². The summed E-state index contributed by atoms with van der Waals surface area (Å²) >= 11 is 0. The number of methoxy groups -OCH3 is 1. The van der Waals surface area contributed by atoms with Crippen LogP contribution in [0.2, 0.25) is 0 Å². The maximum absolute atomic E-state index is 12.4. The minimum Gasteiger partial charge on any atom is -0.497 e. The number of carboxylic acid groups (broad SMARTS) is 1. The smallest absolute Gasteiger partial charge is 0.332 e. The van der Waals surface area contributed by atoms with E-state index in [1.807, 2.05) is 0 Å². The molecule has 0 unspecified atom stereocenters. The second kappa shape index (κ2) is 4.76. The van der Waals surface area contributed by atoms with E-state index in [-0.39, 0.29) is 5.91 Å². The number of ether oxygens (including phenoxy) is 1. The predicted octanol–water partition coefficient (Wildman–Crippen LogP) is 1.08. The van der Waals surface area contributed by atoms with Gasteiger partial charge in [-0.1, -0.05) is 0 Å². The number of carboxylic acids is 1. The maximum atomic E-state index is 12.4. The van der Waals surface area contributed by atoms with Crippen molar-refractivity contribution in [1.29, 1.82) is 0 Å². The van der Waals surface area contributed by atoms with Crippen molar-refractivity contribution in [1.82, 2.24) is 4.90 Å². The molecule has 7 heteroatoms. The number of carbonyl (C=O) groups is 3. The summed E-state index contributed by atoms with van der Waals surface area (Å²) < 4.78 is 5.03. The second-order valence-corrected chi connectivity index (χ2v) is 5.01. The first-order chi connectivity index (χ1) is 10.0. The number of aliphatic carboxylic acids is 1. The van der Waals surface area contributed by atoms with Gasteiger partial charge in [-0.3, -0.25) is 9.69 Å². The predicted molar refractivity (Wildman–Crippen MR) is 72.2 cm³/mol. The van der Waals surface area contributed by atoms with Crippen molar-refractivity contribution in [2.75, 3.05) is 12.0 Å². The highest BCUT2D eigenvalue weighted by Crippen LogP contribution is 2.35. The van der Waals surface area contributed by atoms with Crippen LogP contribution in [0.25, 0.3) is 0 Å². The van der Waals surface area contributed by atoms with Crippen LogP contribution in [0.1, 0.15) is 12.8 Å². The Kier molecular flexibility index (Phi) is 3.04. The van der Waals surface area contributed by atoms with Crippen LogP contribution in [-0.2, 0) is 9.59 Å². The first kappa shape index (κ1) is 13.4. The molecule has 2 fully saturated rings. The maximum Gasteiger partial charge on any atom is 0.332 e. The number of imide groups is 1. The Hall–Kier alpha value is -2.57. The summed E-state index contributed by atoms with van der Waals surface area (Å²) in [5, 5.41) is 9.15. The van der Waals surface area contributed by atoms with Crippen LogP contribution in [-0.4, -0.2) is 47.1 Å². The molecular formula is C14H14N2O5. The van der Waals surface area contributed by atoms with Crippen molar-refractivity contribution in [3.05, 3.63) is 24.3 Å². The molecule has 1 aromatic rings. The fourth-order valence-corrected chi connectivity index (χ4v) is 2.89. The Bertz CT molecular complexity index is 612. The lowest BCUT2D eigenvalue weighted by atomic mass is 10.1. The number of benzene rings is 1. The topological polar surface area (TPSA) is 87.2 Å². The van der Waals surface area contributed by atoms with Crippen molar-refractivity contribution in [3.63, 3.8) is 0 Å². The highest BCUT2D eigenvalue weighted by atomic mass is 16.5. The molecule has 0 bridgehead atoms. The lowest BCUT2D eigenvalue weighted by Crippen LogP contribution is -2.42. The molecule has 0 spiro atoms. The molecule has 3 amide bonds. The molecule has 7 nitrogen and oxygen atoms in total. The fraction of sp³-hybridized carbons (Fsp3) is 0.357. The minimum atomic E-state index is -1.07. The second-order valence-electron chi connectivity index (χ2n) is 5.01. The van der Waals surface area contributed by atoms with E-state index in [2.05, 4.69) is 0 Å². The number of amides is 3. The number of urea groups is 1. The Balaban J connectivity index is 1.92. The van der Waals surface area contributed by atoms with Crippen LogP contribution in [0.15, 0.2) is 24.3 Å². The van der Waals surface area contributed by atoms with Gasteiger partial charge in [-0.15, -0.1) is 0 Å². The zero-order chi connectivity index (χ0) is 15.1. The summed E-state index contributed by atoms with van der Waals surface area (Å²) in [5.41, 5.74) is 0.421. The van der Waals surface area contributed by atoms with E-state index in [1.54, 1.807) is 24.3 Å². The van der Waals surface area contributed by atoms with Gasteiger partial charge in [-0.2, -0.15) is 0 Å². The number of rotatable bonds is 3. The lowest BCUT2D eigenvalue weighted by Gasteiger charge is -2.20. The molecule has 0 aliphatic carbocycles. The van der Waals surface area contributed by atoms with Crippen LogP contribution in [0.5, 0.6) is 5.75 Å². The SMILES string of the molecule is COc1ccc(N2C(=O)[C@@H]3CC[C@H](C(=O)O)N3C2=O)cc1. The van der Waals surface area contributed by atoms with Gasteiger partial charge < -0.3 is 9.84 Å². The molecular weight excluding hydrogens is 276 g/mol. The molecule has 110 valence electrons. The molecule has 3 rings (SSSR count). The third kappa shape index (κ3) is 1.93. The minimum absolute atomic E-state index is 0.313. The van der Waals surface area contributed by atoms with Gasteiger partial charge in [0, 0.05) is 0 Å². The fourth-order valence-electron chi connectivity index (χ4n) is 2.89. The molecule has 1 N–H and O–H groups in total. The highest BCUT2D eigenvalue weighted by Gasteiger charge is 2.54. The Labute approximate surface area is 120 Å². The molecule has 2 aliphatic heterocycles. The molecule has 0 radical (unpaired) electrons. The number of nitrogens with zero attached hydrogens (tertiary/aromatic N) is 2. The number of anilines is 1.